The number of ether oxygens (including phenoxy) is 1. The second-order valence-corrected chi connectivity index (χ2v) is 13.1. The van der Waals surface area contributed by atoms with Crippen LogP contribution in [0.25, 0.3) is 0 Å². The normalized spacial score (nSPS) is 23.2. The number of carbonyl (C=O) groups excluding carboxylic acids is 1. The predicted molar refractivity (Wildman–Crippen MR) is 139 cm³/mol. The number of halogens is 3. The first kappa shape index (κ1) is 29.0. The Hall–Kier alpha value is -2.54. The molecule has 2 aliphatic rings. The number of rotatable bonds is 8. The average Bonchev–Trinajstić information content (AvgIpc) is 3.60. The Labute approximate surface area is 235 Å². The van der Waals surface area contributed by atoms with Crippen LogP contribution in [0.2, 0.25) is 0 Å². The van der Waals surface area contributed by atoms with Crippen LogP contribution in [-0.2, 0) is 31.8 Å². The number of nitrogens with zero attached hydrogens (tertiary/aromatic N) is 3. The number of thiophene rings is 1. The monoisotopic (exact) mass is 619 g/mol. The second-order valence-electron chi connectivity index (χ2n) is 9.24. The van der Waals surface area contributed by atoms with Crippen LogP contribution in [0.15, 0.2) is 18.6 Å². The largest absolute Gasteiger partial charge is 0.443 e. The summed E-state index contributed by atoms with van der Waals surface area (Å²) in [5.41, 5.74) is 0.908. The molecule has 216 valence electrons. The SMILES string of the molecule is CNS(=O)(=O)O[C@@H]1C[C@H](Nc2ncncc2C(=O)c2cc([C@@H]3OCCc4sc(C(F)(F)F)nc43)c(C)s2)C[C@@H]1O. The first-order valence-corrected chi connectivity index (χ1v) is 15.1. The first-order valence-electron chi connectivity index (χ1n) is 12.1. The molecule has 3 aromatic heterocycles. The lowest BCUT2D eigenvalue weighted by Crippen LogP contribution is -2.31. The molecule has 1 fully saturated rings. The molecule has 17 heteroatoms. The van der Waals surface area contributed by atoms with E-state index in [9.17, 15) is 31.5 Å². The topological polar surface area (TPSA) is 153 Å². The highest BCUT2D eigenvalue weighted by atomic mass is 32.2. The fraction of sp³-hybridized carbons (Fsp3) is 0.478. The molecule has 3 N–H and O–H groups in total. The summed E-state index contributed by atoms with van der Waals surface area (Å²) in [4.78, 5) is 27.0. The number of anilines is 1. The summed E-state index contributed by atoms with van der Waals surface area (Å²) in [6.07, 6.45) is -4.24. The molecule has 40 heavy (non-hydrogen) atoms. The zero-order valence-corrected chi connectivity index (χ0v) is 23.5. The van der Waals surface area contributed by atoms with Crippen LogP contribution in [0.4, 0.5) is 19.0 Å². The number of aliphatic hydroxyl groups excluding tert-OH is 1. The predicted octanol–water partition coefficient (Wildman–Crippen LogP) is 3.00. The van der Waals surface area contributed by atoms with Gasteiger partial charge in [0.25, 0.3) is 0 Å². The van der Waals surface area contributed by atoms with Crippen molar-refractivity contribution in [1.29, 1.82) is 0 Å². The van der Waals surface area contributed by atoms with E-state index < -0.39 is 51.6 Å². The van der Waals surface area contributed by atoms with Gasteiger partial charge in [-0.1, -0.05) is 0 Å². The number of hydrogen-bond donors (Lipinski definition) is 3. The summed E-state index contributed by atoms with van der Waals surface area (Å²) in [5, 5.41) is 12.4. The zero-order chi connectivity index (χ0) is 28.8. The van der Waals surface area contributed by atoms with Crippen molar-refractivity contribution in [2.24, 2.45) is 0 Å². The summed E-state index contributed by atoms with van der Waals surface area (Å²) in [7, 11) is -2.82. The molecular weight excluding hydrogens is 595 g/mol. The van der Waals surface area contributed by atoms with Gasteiger partial charge in [0.2, 0.25) is 5.78 Å². The van der Waals surface area contributed by atoms with Gasteiger partial charge in [-0.15, -0.1) is 22.7 Å². The van der Waals surface area contributed by atoms with Crippen LogP contribution < -0.4 is 10.0 Å². The van der Waals surface area contributed by atoms with Crippen molar-refractivity contribution in [2.75, 3.05) is 19.0 Å². The van der Waals surface area contributed by atoms with Gasteiger partial charge >= 0.3 is 16.5 Å². The van der Waals surface area contributed by atoms with E-state index in [2.05, 4.69) is 20.3 Å². The van der Waals surface area contributed by atoms with Gasteiger partial charge in [-0.2, -0.15) is 26.3 Å². The van der Waals surface area contributed by atoms with Crippen molar-refractivity contribution in [3.63, 3.8) is 0 Å². The fourth-order valence-corrected chi connectivity index (χ4v) is 7.24. The van der Waals surface area contributed by atoms with Gasteiger partial charge in [0.15, 0.2) is 5.01 Å². The van der Waals surface area contributed by atoms with E-state index >= 15 is 0 Å². The van der Waals surface area contributed by atoms with Crippen molar-refractivity contribution in [2.45, 2.75) is 56.7 Å². The van der Waals surface area contributed by atoms with Crippen molar-refractivity contribution in [1.82, 2.24) is 19.7 Å². The fourth-order valence-electron chi connectivity index (χ4n) is 4.67. The zero-order valence-electron chi connectivity index (χ0n) is 21.1. The Morgan fingerprint density at radius 1 is 1.27 bits per heavy atom. The van der Waals surface area contributed by atoms with Gasteiger partial charge in [0.1, 0.15) is 24.4 Å². The lowest BCUT2D eigenvalue weighted by molar-refractivity contribution is -0.137. The molecule has 3 aromatic rings. The Kier molecular flexibility index (Phi) is 7.99. The highest BCUT2D eigenvalue weighted by Crippen LogP contribution is 2.43. The van der Waals surface area contributed by atoms with Crippen LogP contribution in [0.5, 0.6) is 0 Å². The maximum absolute atomic E-state index is 13.6. The van der Waals surface area contributed by atoms with Crippen molar-refractivity contribution in [3.05, 3.63) is 55.1 Å². The van der Waals surface area contributed by atoms with Crippen LogP contribution in [0.3, 0.4) is 0 Å². The van der Waals surface area contributed by atoms with E-state index in [-0.39, 0.29) is 36.5 Å². The van der Waals surface area contributed by atoms with E-state index in [4.69, 9.17) is 8.92 Å². The first-order chi connectivity index (χ1) is 18.9. The van der Waals surface area contributed by atoms with Crippen molar-refractivity contribution < 1.29 is 40.4 Å². The third kappa shape index (κ3) is 5.90. The number of thiazole rings is 1. The van der Waals surface area contributed by atoms with Crippen LogP contribution in [0.1, 0.15) is 60.2 Å². The molecule has 11 nitrogen and oxygen atoms in total. The van der Waals surface area contributed by atoms with Gasteiger partial charge in [-0.05, 0) is 25.8 Å². The highest BCUT2D eigenvalue weighted by molar-refractivity contribution is 7.84. The Balaban J connectivity index is 1.37. The van der Waals surface area contributed by atoms with Gasteiger partial charge in [0, 0.05) is 41.0 Å². The molecule has 0 spiro atoms. The van der Waals surface area contributed by atoms with Gasteiger partial charge in [-0.3, -0.25) is 8.98 Å². The number of carbonyl (C=O) groups is 1. The number of aromatic nitrogens is 3. The Morgan fingerprint density at radius 2 is 2.05 bits per heavy atom. The molecule has 1 saturated carbocycles. The molecule has 0 unspecified atom stereocenters. The van der Waals surface area contributed by atoms with E-state index in [0.29, 0.717) is 38.0 Å². The van der Waals surface area contributed by atoms with Gasteiger partial charge in [-0.25, -0.2) is 15.0 Å². The van der Waals surface area contributed by atoms with E-state index in [1.54, 1.807) is 13.0 Å². The molecule has 0 saturated heterocycles. The quantitative estimate of drug-likeness (QED) is 0.321. The third-order valence-corrected chi connectivity index (χ3v) is 9.81. The van der Waals surface area contributed by atoms with Crippen LogP contribution in [-0.4, -0.2) is 66.2 Å². The Morgan fingerprint density at radius 3 is 2.77 bits per heavy atom. The van der Waals surface area contributed by atoms with Crippen LogP contribution >= 0.6 is 22.7 Å². The smallest absolute Gasteiger partial charge is 0.390 e. The number of alkyl halides is 3. The van der Waals surface area contributed by atoms with Gasteiger partial charge in [0.05, 0.1) is 28.8 Å². The van der Waals surface area contributed by atoms with Gasteiger partial charge < -0.3 is 15.2 Å². The van der Waals surface area contributed by atoms with Crippen LogP contribution in [0, 0.1) is 6.92 Å². The Bertz CT molecular complexity index is 1530. The van der Waals surface area contributed by atoms with E-state index in [0.717, 1.165) is 0 Å². The average molecular weight is 620 g/mol. The molecule has 1 aliphatic heterocycles. The molecular formula is C23H24F3N5O6S3. The molecule has 5 rings (SSSR count). The number of hydrogen-bond acceptors (Lipinski definition) is 12. The summed E-state index contributed by atoms with van der Waals surface area (Å²) >= 11 is 1.78. The summed E-state index contributed by atoms with van der Waals surface area (Å²) < 4.78 is 76.2. The number of aliphatic hydroxyl groups is 1. The number of fused-ring (bicyclic) bond motifs is 1. The lowest BCUT2D eigenvalue weighted by atomic mass is 10.0. The molecule has 0 bridgehead atoms. The number of ketones is 1. The maximum Gasteiger partial charge on any atom is 0.443 e. The minimum atomic E-state index is -4.56. The summed E-state index contributed by atoms with van der Waals surface area (Å²) in [5.74, 6) is -0.232. The second kappa shape index (κ2) is 11.0. The van der Waals surface area contributed by atoms with Crippen molar-refractivity contribution in [3.8, 4) is 0 Å². The molecule has 0 amide bonds. The highest BCUT2D eigenvalue weighted by Gasteiger charge is 2.40. The molecule has 4 heterocycles. The molecule has 0 radical (unpaired) electrons. The summed E-state index contributed by atoms with van der Waals surface area (Å²) in [6, 6.07) is 1.15. The number of nitrogens with one attached hydrogen (secondary N) is 2. The minimum Gasteiger partial charge on any atom is -0.390 e. The lowest BCUT2D eigenvalue weighted by Gasteiger charge is -2.22. The minimum absolute atomic E-state index is 0.135. The standard InChI is InChI=1S/C23H24F3N5O6S3/c1-10-12(20-18-16(3-4-36-20)39-22(31-18)23(24,25)26)7-17(38-10)19(33)13-8-28-9-29-21(13)30-11-5-14(32)15(6-11)37-40(34,35)27-2/h7-9,11,14-15,20,27,32H,3-6H2,1-2H3,(H,28,29,30)/t11-,14+,15-,20+/m1/s1. The molecule has 1 aliphatic carbocycles. The summed E-state index contributed by atoms with van der Waals surface area (Å²) in [6.45, 7) is 1.98. The van der Waals surface area contributed by atoms with E-state index in [1.165, 1.54) is 30.9 Å². The van der Waals surface area contributed by atoms with E-state index in [1.807, 2.05) is 4.72 Å². The maximum atomic E-state index is 13.6. The molecule has 4 atom stereocenters. The number of aryl methyl sites for hydroxylation is 1. The third-order valence-electron chi connectivity index (χ3n) is 6.56. The molecule has 0 aromatic carbocycles. The van der Waals surface area contributed by atoms with Crippen molar-refractivity contribution >= 4 is 44.6 Å².